The van der Waals surface area contributed by atoms with Crippen molar-refractivity contribution < 1.29 is 4.39 Å². The number of nitrogens with one attached hydrogen (secondary N) is 1. The van der Waals surface area contributed by atoms with Gasteiger partial charge in [0, 0.05) is 12.6 Å². The van der Waals surface area contributed by atoms with Crippen LogP contribution in [-0.2, 0) is 0 Å². The van der Waals surface area contributed by atoms with Gasteiger partial charge in [-0.3, -0.25) is 0 Å². The van der Waals surface area contributed by atoms with Crippen molar-refractivity contribution in [3.8, 4) is 0 Å². The van der Waals surface area contributed by atoms with Crippen molar-refractivity contribution in [2.24, 2.45) is 5.92 Å². The van der Waals surface area contributed by atoms with E-state index in [2.05, 4.69) is 10.2 Å². The molecule has 0 aromatic heterocycles. The molecule has 1 atom stereocenters. The maximum atomic E-state index is 13.0. The van der Waals surface area contributed by atoms with Crippen LogP contribution in [0.25, 0.3) is 0 Å². The predicted octanol–water partition coefficient (Wildman–Crippen LogP) is 1.91. The molecule has 1 aromatic carbocycles. The molecule has 3 N–H and O–H groups in total. The van der Waals surface area contributed by atoms with Gasteiger partial charge in [0.15, 0.2) is 0 Å². The van der Waals surface area contributed by atoms with Gasteiger partial charge in [-0.15, -0.1) is 0 Å². The first-order valence-corrected chi connectivity index (χ1v) is 6.26. The maximum absolute atomic E-state index is 13.0. The van der Waals surface area contributed by atoms with E-state index in [1.165, 1.54) is 38.1 Å². The Labute approximate surface area is 101 Å². The molecular weight excluding hydrogens is 217 g/mol. The van der Waals surface area contributed by atoms with Crippen molar-refractivity contribution >= 4 is 11.4 Å². The fourth-order valence-corrected chi connectivity index (χ4v) is 2.99. The molecule has 3 fully saturated rings. The van der Waals surface area contributed by atoms with E-state index in [-0.39, 0.29) is 5.82 Å². The van der Waals surface area contributed by atoms with Crippen LogP contribution in [0.15, 0.2) is 18.2 Å². The van der Waals surface area contributed by atoms with E-state index < -0.39 is 0 Å². The highest BCUT2D eigenvalue weighted by Gasteiger charge is 2.34. The Morgan fingerprint density at radius 2 is 2.06 bits per heavy atom. The average Bonchev–Trinajstić information content (AvgIpc) is 2.34. The molecule has 4 rings (SSSR count). The predicted molar refractivity (Wildman–Crippen MR) is 67.4 cm³/mol. The number of nitrogens with two attached hydrogens (primary N) is 1. The fraction of sp³-hybridized carbons (Fsp3) is 0.538. The van der Waals surface area contributed by atoms with E-state index >= 15 is 0 Å². The number of benzene rings is 1. The van der Waals surface area contributed by atoms with E-state index in [1.54, 1.807) is 6.07 Å². The Hall–Kier alpha value is -1.29. The number of anilines is 2. The second-order valence-corrected chi connectivity index (χ2v) is 5.12. The Morgan fingerprint density at radius 3 is 2.65 bits per heavy atom. The maximum Gasteiger partial charge on any atom is 0.125 e. The molecule has 0 amide bonds. The molecule has 0 aliphatic carbocycles. The van der Waals surface area contributed by atoms with Crippen molar-refractivity contribution in [3.05, 3.63) is 24.0 Å². The van der Waals surface area contributed by atoms with Crippen LogP contribution in [0, 0.1) is 11.7 Å². The van der Waals surface area contributed by atoms with Gasteiger partial charge in [-0.05, 0) is 50.0 Å². The number of fused-ring (bicyclic) bond motifs is 3. The van der Waals surface area contributed by atoms with Gasteiger partial charge in [-0.1, -0.05) is 0 Å². The minimum Gasteiger partial charge on any atom is -0.397 e. The molecule has 17 heavy (non-hydrogen) atoms. The first-order valence-electron chi connectivity index (χ1n) is 6.26. The van der Waals surface area contributed by atoms with Gasteiger partial charge in [0.1, 0.15) is 5.82 Å². The summed E-state index contributed by atoms with van der Waals surface area (Å²) < 4.78 is 13.0. The van der Waals surface area contributed by atoms with Gasteiger partial charge in [-0.2, -0.15) is 0 Å². The van der Waals surface area contributed by atoms with Gasteiger partial charge >= 0.3 is 0 Å². The highest BCUT2D eigenvalue weighted by molar-refractivity contribution is 5.66. The molecule has 92 valence electrons. The summed E-state index contributed by atoms with van der Waals surface area (Å²) in [6.07, 6.45) is 2.53. The Balaban J connectivity index is 1.74. The largest absolute Gasteiger partial charge is 0.397 e. The van der Waals surface area contributed by atoms with Crippen molar-refractivity contribution in [2.75, 3.05) is 30.7 Å². The number of halogens is 1. The zero-order chi connectivity index (χ0) is 11.8. The molecule has 1 aromatic rings. The normalized spacial score (nSPS) is 31.5. The number of rotatable bonds is 2. The molecule has 2 bridgehead atoms. The second kappa shape index (κ2) is 4.18. The lowest BCUT2D eigenvalue weighted by Gasteiger charge is -2.45. The number of piperidine rings is 3. The van der Waals surface area contributed by atoms with E-state index in [1.807, 2.05) is 0 Å². The summed E-state index contributed by atoms with van der Waals surface area (Å²) >= 11 is 0. The molecule has 3 heterocycles. The van der Waals surface area contributed by atoms with Gasteiger partial charge in [0.25, 0.3) is 0 Å². The van der Waals surface area contributed by atoms with Gasteiger partial charge in [0.2, 0.25) is 0 Å². The van der Waals surface area contributed by atoms with Crippen LogP contribution in [0.1, 0.15) is 12.8 Å². The summed E-state index contributed by atoms with van der Waals surface area (Å²) in [7, 11) is 0. The highest BCUT2D eigenvalue weighted by atomic mass is 19.1. The van der Waals surface area contributed by atoms with E-state index in [0.717, 1.165) is 18.2 Å². The second-order valence-electron chi connectivity index (χ2n) is 5.12. The van der Waals surface area contributed by atoms with Crippen LogP contribution in [0.5, 0.6) is 0 Å². The first-order chi connectivity index (χ1) is 8.22. The van der Waals surface area contributed by atoms with Crippen molar-refractivity contribution in [2.45, 2.75) is 18.9 Å². The Bertz CT molecular complexity index is 413. The van der Waals surface area contributed by atoms with Crippen molar-refractivity contribution in [3.63, 3.8) is 0 Å². The standard InChI is InChI=1S/C13H18FN3/c14-10-1-2-12(11(15)7-10)16-13-8-17-5-3-9(13)4-6-17/h1-2,7,9,13,16H,3-6,8,15H2. The molecule has 0 radical (unpaired) electrons. The van der Waals surface area contributed by atoms with Crippen molar-refractivity contribution in [1.82, 2.24) is 4.90 Å². The molecule has 1 unspecified atom stereocenters. The quantitative estimate of drug-likeness (QED) is 0.769. The molecule has 0 spiro atoms. The number of nitrogens with zero attached hydrogens (tertiary/aromatic N) is 1. The van der Waals surface area contributed by atoms with E-state index in [4.69, 9.17) is 5.73 Å². The third kappa shape index (κ3) is 2.09. The summed E-state index contributed by atoms with van der Waals surface area (Å²) in [6, 6.07) is 5.04. The van der Waals surface area contributed by atoms with Crippen LogP contribution in [0.3, 0.4) is 0 Å². The SMILES string of the molecule is Nc1cc(F)ccc1NC1CN2CCC1CC2. The third-order valence-electron chi connectivity index (χ3n) is 4.01. The van der Waals surface area contributed by atoms with Crippen LogP contribution in [-0.4, -0.2) is 30.6 Å². The summed E-state index contributed by atoms with van der Waals surface area (Å²) in [4.78, 5) is 2.48. The monoisotopic (exact) mass is 235 g/mol. The molecule has 3 aliphatic rings. The molecule has 3 aliphatic heterocycles. The molecule has 3 saturated heterocycles. The zero-order valence-corrected chi connectivity index (χ0v) is 9.82. The Kier molecular flexibility index (Phi) is 2.67. The molecule has 4 heteroatoms. The number of hydrogen-bond donors (Lipinski definition) is 2. The highest BCUT2D eigenvalue weighted by Crippen LogP contribution is 2.31. The minimum atomic E-state index is -0.276. The first kappa shape index (κ1) is 10.8. The van der Waals surface area contributed by atoms with Gasteiger partial charge in [0.05, 0.1) is 11.4 Å². The lowest BCUT2D eigenvalue weighted by Crippen LogP contribution is -2.53. The van der Waals surface area contributed by atoms with Crippen LogP contribution < -0.4 is 11.1 Å². The smallest absolute Gasteiger partial charge is 0.125 e. The number of nitrogen functional groups attached to an aromatic ring is 1. The van der Waals surface area contributed by atoms with Crippen LogP contribution in [0.4, 0.5) is 15.8 Å². The van der Waals surface area contributed by atoms with E-state index in [0.29, 0.717) is 11.7 Å². The van der Waals surface area contributed by atoms with Gasteiger partial charge < -0.3 is 16.0 Å². The summed E-state index contributed by atoms with van der Waals surface area (Å²) in [6.45, 7) is 3.53. The third-order valence-corrected chi connectivity index (χ3v) is 4.01. The van der Waals surface area contributed by atoms with Crippen molar-refractivity contribution in [1.29, 1.82) is 0 Å². The minimum absolute atomic E-state index is 0.276. The topological polar surface area (TPSA) is 41.3 Å². The average molecular weight is 235 g/mol. The van der Waals surface area contributed by atoms with E-state index in [9.17, 15) is 4.39 Å². The Morgan fingerprint density at radius 1 is 1.29 bits per heavy atom. The summed E-state index contributed by atoms with van der Waals surface area (Å²) in [5.74, 6) is 0.464. The molecule has 3 nitrogen and oxygen atoms in total. The molecular formula is C13H18FN3. The van der Waals surface area contributed by atoms with Crippen LogP contribution in [0.2, 0.25) is 0 Å². The lowest BCUT2D eigenvalue weighted by atomic mass is 9.84. The lowest BCUT2D eigenvalue weighted by molar-refractivity contribution is 0.0975. The fourth-order valence-electron chi connectivity index (χ4n) is 2.99. The molecule has 0 saturated carbocycles. The van der Waals surface area contributed by atoms with Gasteiger partial charge in [-0.25, -0.2) is 4.39 Å². The van der Waals surface area contributed by atoms with Crippen LogP contribution >= 0.6 is 0 Å². The summed E-state index contributed by atoms with van der Waals surface area (Å²) in [5.41, 5.74) is 7.19. The number of hydrogen-bond acceptors (Lipinski definition) is 3. The summed E-state index contributed by atoms with van der Waals surface area (Å²) in [5, 5.41) is 3.47. The zero-order valence-electron chi connectivity index (χ0n) is 9.82.